The molecule has 0 N–H and O–H groups in total. The number of pyridine rings is 1. The van der Waals surface area contributed by atoms with E-state index in [2.05, 4.69) is 15.9 Å². The summed E-state index contributed by atoms with van der Waals surface area (Å²) in [5, 5.41) is 0.685. The summed E-state index contributed by atoms with van der Waals surface area (Å²) in [6, 6.07) is 26.0. The van der Waals surface area contributed by atoms with Gasteiger partial charge in [0.25, 0.3) is 0 Å². The number of ketones is 1. The van der Waals surface area contributed by atoms with Crippen molar-refractivity contribution >= 4 is 50.2 Å². The Morgan fingerprint density at radius 3 is 2.38 bits per heavy atom. The number of ether oxygens (including phenoxy) is 1. The number of hydrogen-bond acceptors (Lipinski definition) is 4. The molecule has 0 radical (unpaired) electrons. The van der Waals surface area contributed by atoms with Gasteiger partial charge in [-0.25, -0.2) is 9.78 Å². The summed E-state index contributed by atoms with van der Waals surface area (Å²) in [4.78, 5) is 30.1. The predicted octanol–water partition coefficient (Wildman–Crippen LogP) is 6.60. The molecule has 5 heteroatoms. The van der Waals surface area contributed by atoms with E-state index >= 15 is 0 Å². The van der Waals surface area contributed by atoms with Gasteiger partial charge in [-0.05, 0) is 48.4 Å². The van der Waals surface area contributed by atoms with Crippen molar-refractivity contribution in [2.45, 2.75) is 6.92 Å². The SMILES string of the molecule is C/C(=C\c1ccccc1)c1cc(C(=O)OCC(=O)c2ccc(Br)cc2)c2ccccc2n1. The molecular formula is C27H20BrNO3. The first-order valence-corrected chi connectivity index (χ1v) is 10.9. The molecule has 3 aromatic carbocycles. The Kier molecular flexibility index (Phi) is 6.57. The average Bonchev–Trinajstić information content (AvgIpc) is 2.82. The van der Waals surface area contributed by atoms with Gasteiger partial charge in [0.1, 0.15) is 0 Å². The summed E-state index contributed by atoms with van der Waals surface area (Å²) in [7, 11) is 0. The number of benzene rings is 3. The Hall–Kier alpha value is -3.57. The van der Waals surface area contributed by atoms with E-state index in [1.54, 1.807) is 30.3 Å². The number of nitrogens with zero attached hydrogens (tertiary/aromatic N) is 1. The maximum Gasteiger partial charge on any atom is 0.339 e. The lowest BCUT2D eigenvalue weighted by Gasteiger charge is -2.10. The van der Waals surface area contributed by atoms with E-state index in [4.69, 9.17) is 9.72 Å². The molecule has 1 aromatic heterocycles. The van der Waals surface area contributed by atoms with Gasteiger partial charge in [-0.1, -0.05) is 76.6 Å². The number of halogens is 1. The van der Waals surface area contributed by atoms with Crippen LogP contribution < -0.4 is 0 Å². The van der Waals surface area contributed by atoms with Crippen molar-refractivity contribution in [3.63, 3.8) is 0 Å². The molecule has 0 aliphatic heterocycles. The van der Waals surface area contributed by atoms with Crippen LogP contribution in [0.4, 0.5) is 0 Å². The molecule has 0 amide bonds. The van der Waals surface area contributed by atoms with Gasteiger partial charge in [0.15, 0.2) is 12.4 Å². The normalized spacial score (nSPS) is 11.4. The van der Waals surface area contributed by atoms with Crippen molar-refractivity contribution < 1.29 is 14.3 Å². The number of aromatic nitrogens is 1. The van der Waals surface area contributed by atoms with Gasteiger partial charge in [-0.3, -0.25) is 4.79 Å². The van der Waals surface area contributed by atoms with E-state index < -0.39 is 5.97 Å². The lowest BCUT2D eigenvalue weighted by molar-refractivity contribution is 0.0476. The van der Waals surface area contributed by atoms with Crippen LogP contribution in [0.1, 0.15) is 38.9 Å². The Morgan fingerprint density at radius 1 is 0.938 bits per heavy atom. The quantitative estimate of drug-likeness (QED) is 0.228. The topological polar surface area (TPSA) is 56.3 Å². The van der Waals surface area contributed by atoms with Crippen LogP contribution in [-0.2, 0) is 4.74 Å². The second-order valence-electron chi connectivity index (χ2n) is 7.32. The van der Waals surface area contributed by atoms with E-state index in [1.807, 2.05) is 67.6 Å². The monoisotopic (exact) mass is 485 g/mol. The van der Waals surface area contributed by atoms with E-state index in [1.165, 1.54) is 0 Å². The van der Waals surface area contributed by atoms with E-state index in [0.29, 0.717) is 27.7 Å². The van der Waals surface area contributed by atoms with Crippen molar-refractivity contribution in [2.75, 3.05) is 6.61 Å². The molecule has 4 rings (SSSR count). The number of rotatable bonds is 6. The van der Waals surface area contributed by atoms with Gasteiger partial charge in [0, 0.05) is 15.4 Å². The predicted molar refractivity (Wildman–Crippen MR) is 130 cm³/mol. The highest BCUT2D eigenvalue weighted by Crippen LogP contribution is 2.24. The average molecular weight is 486 g/mol. The molecule has 0 saturated carbocycles. The fraction of sp³-hybridized carbons (Fsp3) is 0.0741. The molecule has 1 heterocycles. The third-order valence-corrected chi connectivity index (χ3v) is 5.55. The lowest BCUT2D eigenvalue weighted by Crippen LogP contribution is -2.15. The third kappa shape index (κ3) is 5.01. The van der Waals surface area contributed by atoms with Crippen molar-refractivity contribution in [3.05, 3.63) is 112 Å². The van der Waals surface area contributed by atoms with Gasteiger partial charge in [-0.2, -0.15) is 0 Å². The zero-order valence-corrected chi connectivity index (χ0v) is 19.0. The molecule has 0 fully saturated rings. The van der Waals surface area contributed by atoms with E-state index in [9.17, 15) is 9.59 Å². The smallest absolute Gasteiger partial charge is 0.339 e. The summed E-state index contributed by atoms with van der Waals surface area (Å²) in [6.45, 7) is 1.63. The van der Waals surface area contributed by atoms with Crippen LogP contribution in [0, 0.1) is 0 Å². The summed E-state index contributed by atoms with van der Waals surface area (Å²) in [6.07, 6.45) is 2.02. The molecular weight excluding hydrogens is 466 g/mol. The highest BCUT2D eigenvalue weighted by Gasteiger charge is 2.17. The number of Topliss-reactive ketones (excluding diaryl/α,β-unsaturated/α-hetero) is 1. The van der Waals surface area contributed by atoms with Gasteiger partial charge in [0.05, 0.1) is 16.8 Å². The van der Waals surface area contributed by atoms with Gasteiger partial charge >= 0.3 is 5.97 Å². The molecule has 32 heavy (non-hydrogen) atoms. The van der Waals surface area contributed by atoms with Crippen LogP contribution in [0.15, 0.2) is 89.4 Å². The van der Waals surface area contributed by atoms with Crippen LogP contribution in [0.2, 0.25) is 0 Å². The van der Waals surface area contributed by atoms with E-state index in [-0.39, 0.29) is 12.4 Å². The molecule has 4 aromatic rings. The Labute approximate surface area is 194 Å². The fourth-order valence-corrected chi connectivity index (χ4v) is 3.61. The fourth-order valence-electron chi connectivity index (χ4n) is 3.35. The van der Waals surface area contributed by atoms with Gasteiger partial charge < -0.3 is 4.74 Å². The first-order valence-electron chi connectivity index (χ1n) is 10.1. The number of para-hydroxylation sites is 1. The molecule has 0 aliphatic rings. The Balaban J connectivity index is 1.62. The van der Waals surface area contributed by atoms with Crippen LogP contribution in [0.25, 0.3) is 22.6 Å². The maximum absolute atomic E-state index is 13.0. The third-order valence-electron chi connectivity index (χ3n) is 5.02. The largest absolute Gasteiger partial charge is 0.454 e. The van der Waals surface area contributed by atoms with Crippen molar-refractivity contribution in [3.8, 4) is 0 Å². The van der Waals surface area contributed by atoms with Crippen LogP contribution in [-0.4, -0.2) is 23.3 Å². The lowest BCUT2D eigenvalue weighted by atomic mass is 10.0. The molecule has 0 atom stereocenters. The summed E-state index contributed by atoms with van der Waals surface area (Å²) >= 11 is 3.34. The molecule has 0 bridgehead atoms. The Morgan fingerprint density at radius 2 is 1.62 bits per heavy atom. The minimum absolute atomic E-state index is 0.260. The highest BCUT2D eigenvalue weighted by atomic mass is 79.9. The maximum atomic E-state index is 13.0. The van der Waals surface area contributed by atoms with Crippen molar-refractivity contribution in [1.29, 1.82) is 0 Å². The second-order valence-corrected chi connectivity index (χ2v) is 8.23. The summed E-state index contributed by atoms with van der Waals surface area (Å²) in [5.74, 6) is -0.813. The minimum Gasteiger partial charge on any atom is -0.454 e. The number of fused-ring (bicyclic) bond motifs is 1. The van der Waals surface area contributed by atoms with Gasteiger partial charge in [-0.15, -0.1) is 0 Å². The van der Waals surface area contributed by atoms with Crippen LogP contribution in [0.3, 0.4) is 0 Å². The molecule has 0 aliphatic carbocycles. The number of esters is 1. The summed E-state index contributed by atoms with van der Waals surface area (Å²) in [5.41, 5.74) is 4.21. The van der Waals surface area contributed by atoms with Crippen molar-refractivity contribution in [1.82, 2.24) is 4.98 Å². The van der Waals surface area contributed by atoms with Gasteiger partial charge in [0.2, 0.25) is 0 Å². The summed E-state index contributed by atoms with van der Waals surface area (Å²) < 4.78 is 6.26. The first kappa shape index (κ1) is 21.7. The second kappa shape index (κ2) is 9.71. The number of allylic oxidation sites excluding steroid dienone is 1. The highest BCUT2D eigenvalue weighted by molar-refractivity contribution is 9.10. The minimum atomic E-state index is -0.553. The standard InChI is InChI=1S/C27H20BrNO3/c1-18(15-19-7-3-2-4-8-19)25-16-23(22-9-5-6-10-24(22)29-25)27(31)32-17-26(30)20-11-13-21(28)14-12-20/h2-16H,17H2,1H3/b18-15+. The molecule has 0 spiro atoms. The molecule has 4 nitrogen and oxygen atoms in total. The molecule has 0 unspecified atom stereocenters. The van der Waals surface area contributed by atoms with Crippen LogP contribution in [0.5, 0.6) is 0 Å². The van der Waals surface area contributed by atoms with Crippen molar-refractivity contribution in [2.24, 2.45) is 0 Å². The number of carbonyl (C=O) groups is 2. The zero-order chi connectivity index (χ0) is 22.5. The Bertz CT molecular complexity index is 1310. The van der Waals surface area contributed by atoms with Crippen LogP contribution >= 0.6 is 15.9 Å². The number of carbonyl (C=O) groups excluding carboxylic acids is 2. The first-order chi connectivity index (χ1) is 15.5. The molecule has 158 valence electrons. The molecule has 0 saturated heterocycles. The number of hydrogen-bond donors (Lipinski definition) is 0. The zero-order valence-electron chi connectivity index (χ0n) is 17.4. The van der Waals surface area contributed by atoms with E-state index in [0.717, 1.165) is 15.6 Å².